The summed E-state index contributed by atoms with van der Waals surface area (Å²) in [5, 5.41) is 7.48. The van der Waals surface area contributed by atoms with Crippen molar-refractivity contribution in [2.24, 2.45) is 0 Å². The molecular weight excluding hydrogens is 226 g/mol. The highest BCUT2D eigenvalue weighted by molar-refractivity contribution is 5.20. The van der Waals surface area contributed by atoms with Crippen LogP contribution in [0.3, 0.4) is 0 Å². The van der Waals surface area contributed by atoms with Crippen LogP contribution in [0.4, 0.5) is 0 Å². The van der Waals surface area contributed by atoms with Crippen LogP contribution in [0.1, 0.15) is 42.7 Å². The molecule has 2 heterocycles. The fourth-order valence-electron chi connectivity index (χ4n) is 2.75. The second kappa shape index (κ2) is 6.34. The van der Waals surface area contributed by atoms with Crippen LogP contribution in [0.2, 0.25) is 0 Å². The van der Waals surface area contributed by atoms with E-state index in [0.29, 0.717) is 0 Å². The third-order valence-electron chi connectivity index (χ3n) is 4.06. The van der Waals surface area contributed by atoms with Gasteiger partial charge in [-0.15, -0.1) is 0 Å². The standard InChI is InChI=1S/C14H25N3O/c1-11-14(12(2)18-16-11)10-15-8-7-13-6-4-5-9-17(13)3/h13,15H,4-10H2,1-3H3. The van der Waals surface area contributed by atoms with Crippen molar-refractivity contribution in [1.29, 1.82) is 0 Å². The second-order valence-corrected chi connectivity index (χ2v) is 5.40. The Bertz CT molecular complexity index is 356. The van der Waals surface area contributed by atoms with Gasteiger partial charge >= 0.3 is 0 Å². The first-order valence-electron chi connectivity index (χ1n) is 7.01. The molecule has 1 aliphatic rings. The quantitative estimate of drug-likeness (QED) is 0.815. The lowest BCUT2D eigenvalue weighted by molar-refractivity contribution is 0.175. The summed E-state index contributed by atoms with van der Waals surface area (Å²) in [4.78, 5) is 2.50. The number of likely N-dealkylation sites (tertiary alicyclic amines) is 1. The van der Waals surface area contributed by atoms with Gasteiger partial charge in [0, 0.05) is 18.2 Å². The monoisotopic (exact) mass is 251 g/mol. The van der Waals surface area contributed by atoms with Crippen LogP contribution in [-0.2, 0) is 6.54 Å². The van der Waals surface area contributed by atoms with E-state index in [1.54, 1.807) is 0 Å². The van der Waals surface area contributed by atoms with E-state index >= 15 is 0 Å². The highest BCUT2D eigenvalue weighted by atomic mass is 16.5. The Balaban J connectivity index is 1.70. The zero-order valence-electron chi connectivity index (χ0n) is 11.8. The van der Waals surface area contributed by atoms with Crippen molar-refractivity contribution in [3.63, 3.8) is 0 Å². The summed E-state index contributed by atoms with van der Waals surface area (Å²) in [6, 6.07) is 0.760. The molecule has 0 bridgehead atoms. The SMILES string of the molecule is Cc1noc(C)c1CNCCC1CCCCN1C. The lowest BCUT2D eigenvalue weighted by atomic mass is 10.0. The largest absolute Gasteiger partial charge is 0.361 e. The van der Waals surface area contributed by atoms with E-state index in [0.717, 1.165) is 30.6 Å². The van der Waals surface area contributed by atoms with Gasteiger partial charge in [0.1, 0.15) is 5.76 Å². The van der Waals surface area contributed by atoms with Gasteiger partial charge in [-0.2, -0.15) is 0 Å². The summed E-state index contributed by atoms with van der Waals surface area (Å²) >= 11 is 0. The number of nitrogens with one attached hydrogen (secondary N) is 1. The van der Waals surface area contributed by atoms with Gasteiger partial charge in [0.2, 0.25) is 0 Å². The molecule has 1 N–H and O–H groups in total. The van der Waals surface area contributed by atoms with Crippen LogP contribution in [0.15, 0.2) is 4.52 Å². The van der Waals surface area contributed by atoms with Crippen molar-refractivity contribution in [2.75, 3.05) is 20.1 Å². The van der Waals surface area contributed by atoms with Gasteiger partial charge < -0.3 is 14.7 Å². The van der Waals surface area contributed by atoms with Crippen LogP contribution in [0, 0.1) is 13.8 Å². The molecule has 1 fully saturated rings. The van der Waals surface area contributed by atoms with E-state index in [2.05, 4.69) is 22.4 Å². The van der Waals surface area contributed by atoms with Crippen LogP contribution in [0.25, 0.3) is 0 Å². The van der Waals surface area contributed by atoms with E-state index < -0.39 is 0 Å². The molecule has 18 heavy (non-hydrogen) atoms. The molecule has 1 aromatic heterocycles. The van der Waals surface area contributed by atoms with E-state index in [9.17, 15) is 0 Å². The zero-order valence-corrected chi connectivity index (χ0v) is 11.8. The lowest BCUT2D eigenvalue weighted by Crippen LogP contribution is -2.38. The summed E-state index contributed by atoms with van der Waals surface area (Å²) in [6.07, 6.45) is 5.34. The smallest absolute Gasteiger partial charge is 0.138 e. The van der Waals surface area contributed by atoms with Crippen LogP contribution in [-0.4, -0.2) is 36.2 Å². The molecule has 1 unspecified atom stereocenters. The molecule has 0 aromatic carbocycles. The van der Waals surface area contributed by atoms with Gasteiger partial charge in [0.15, 0.2) is 0 Å². The van der Waals surface area contributed by atoms with Gasteiger partial charge in [-0.1, -0.05) is 11.6 Å². The third-order valence-corrected chi connectivity index (χ3v) is 4.06. The summed E-state index contributed by atoms with van der Waals surface area (Å²) < 4.78 is 5.16. The number of hydrogen-bond donors (Lipinski definition) is 1. The van der Waals surface area contributed by atoms with E-state index in [1.807, 2.05) is 13.8 Å². The summed E-state index contributed by atoms with van der Waals surface area (Å²) in [6.45, 7) is 7.18. The Morgan fingerprint density at radius 3 is 2.89 bits per heavy atom. The minimum absolute atomic E-state index is 0.760. The molecule has 2 rings (SSSR count). The second-order valence-electron chi connectivity index (χ2n) is 5.40. The molecule has 4 heteroatoms. The maximum atomic E-state index is 5.16. The average Bonchev–Trinajstić information content (AvgIpc) is 2.67. The minimum atomic E-state index is 0.760. The topological polar surface area (TPSA) is 41.3 Å². The van der Waals surface area contributed by atoms with Crippen molar-refractivity contribution in [1.82, 2.24) is 15.4 Å². The molecule has 4 nitrogen and oxygen atoms in total. The molecule has 0 aliphatic carbocycles. The molecule has 0 spiro atoms. The Labute approximate surface area is 110 Å². The first-order chi connectivity index (χ1) is 8.68. The maximum absolute atomic E-state index is 5.16. The Kier molecular flexibility index (Phi) is 4.78. The van der Waals surface area contributed by atoms with Crippen molar-refractivity contribution < 1.29 is 4.52 Å². The summed E-state index contributed by atoms with van der Waals surface area (Å²) in [7, 11) is 2.25. The first kappa shape index (κ1) is 13.6. The summed E-state index contributed by atoms with van der Waals surface area (Å²) in [5.41, 5.74) is 2.22. The predicted octanol–water partition coefficient (Wildman–Crippen LogP) is 2.26. The van der Waals surface area contributed by atoms with Crippen LogP contribution in [0.5, 0.6) is 0 Å². The zero-order chi connectivity index (χ0) is 13.0. The molecular formula is C14H25N3O. The third kappa shape index (κ3) is 3.33. The van der Waals surface area contributed by atoms with E-state index in [4.69, 9.17) is 4.52 Å². The Hall–Kier alpha value is -0.870. The molecule has 1 aromatic rings. The predicted molar refractivity (Wildman–Crippen MR) is 72.6 cm³/mol. The highest BCUT2D eigenvalue weighted by Gasteiger charge is 2.18. The van der Waals surface area contributed by atoms with E-state index in [1.165, 1.54) is 37.8 Å². The molecule has 102 valence electrons. The fourth-order valence-corrected chi connectivity index (χ4v) is 2.75. The molecule has 0 saturated carbocycles. The van der Waals surface area contributed by atoms with Gasteiger partial charge in [0.05, 0.1) is 5.69 Å². The van der Waals surface area contributed by atoms with Gasteiger partial charge in [0.25, 0.3) is 0 Å². The molecule has 0 radical (unpaired) electrons. The normalized spacial score (nSPS) is 21.4. The van der Waals surface area contributed by atoms with Crippen LogP contribution < -0.4 is 5.32 Å². The summed E-state index contributed by atoms with van der Waals surface area (Å²) in [5.74, 6) is 0.940. The number of hydrogen-bond acceptors (Lipinski definition) is 4. The number of rotatable bonds is 5. The van der Waals surface area contributed by atoms with Crippen molar-refractivity contribution in [3.05, 3.63) is 17.0 Å². The van der Waals surface area contributed by atoms with Gasteiger partial charge in [-0.05, 0) is 53.2 Å². The minimum Gasteiger partial charge on any atom is -0.361 e. The van der Waals surface area contributed by atoms with Crippen molar-refractivity contribution in [3.8, 4) is 0 Å². The molecule has 1 aliphatic heterocycles. The molecule has 1 saturated heterocycles. The first-order valence-corrected chi connectivity index (χ1v) is 7.01. The Morgan fingerprint density at radius 2 is 2.22 bits per heavy atom. The van der Waals surface area contributed by atoms with Crippen molar-refractivity contribution in [2.45, 2.75) is 52.1 Å². The number of nitrogens with zero attached hydrogens (tertiary/aromatic N) is 2. The fraction of sp³-hybridized carbons (Fsp3) is 0.786. The lowest BCUT2D eigenvalue weighted by Gasteiger charge is -2.32. The van der Waals surface area contributed by atoms with E-state index in [-0.39, 0.29) is 0 Å². The number of aryl methyl sites for hydroxylation is 2. The highest BCUT2D eigenvalue weighted by Crippen LogP contribution is 2.17. The van der Waals surface area contributed by atoms with Crippen molar-refractivity contribution >= 4 is 0 Å². The number of aromatic nitrogens is 1. The average molecular weight is 251 g/mol. The number of piperidine rings is 1. The van der Waals surface area contributed by atoms with Gasteiger partial charge in [-0.3, -0.25) is 0 Å². The Morgan fingerprint density at radius 1 is 1.39 bits per heavy atom. The van der Waals surface area contributed by atoms with Crippen LogP contribution >= 0.6 is 0 Å². The maximum Gasteiger partial charge on any atom is 0.138 e. The van der Waals surface area contributed by atoms with Gasteiger partial charge in [-0.25, -0.2) is 0 Å². The molecule has 0 amide bonds. The molecule has 1 atom stereocenters.